The van der Waals surface area contributed by atoms with Gasteiger partial charge in [0.15, 0.2) is 0 Å². The zero-order valence-corrected chi connectivity index (χ0v) is 12.6. The topological polar surface area (TPSA) is 21.3 Å². The van der Waals surface area contributed by atoms with Gasteiger partial charge in [-0.3, -0.25) is 0 Å². The fraction of sp³-hybridized carbons (Fsp3) is 0.625. The van der Waals surface area contributed by atoms with Crippen molar-refractivity contribution < 1.29 is 9.13 Å². The van der Waals surface area contributed by atoms with Gasteiger partial charge in [-0.15, -0.1) is 0 Å². The highest BCUT2D eigenvalue weighted by Crippen LogP contribution is 2.69. The quantitative estimate of drug-likeness (QED) is 0.811. The molecule has 2 aliphatic carbocycles. The van der Waals surface area contributed by atoms with Crippen LogP contribution in [0.1, 0.15) is 31.2 Å². The van der Waals surface area contributed by atoms with Gasteiger partial charge in [0, 0.05) is 36.2 Å². The highest BCUT2D eigenvalue weighted by molar-refractivity contribution is 6.31. The summed E-state index contributed by atoms with van der Waals surface area (Å²) in [6.07, 6.45) is 4.69. The van der Waals surface area contributed by atoms with Gasteiger partial charge in [0.1, 0.15) is 5.82 Å². The maximum atomic E-state index is 14.3. The largest absolute Gasteiger partial charge is 0.383 e. The van der Waals surface area contributed by atoms with Gasteiger partial charge in [-0.2, -0.15) is 0 Å². The number of hydrogen-bond donors (Lipinski definition) is 1. The number of nitrogens with one attached hydrogen (secondary N) is 1. The molecule has 2 fully saturated rings. The molecule has 4 heteroatoms. The number of methoxy groups -OCH3 is 1. The van der Waals surface area contributed by atoms with Gasteiger partial charge >= 0.3 is 0 Å². The Bertz CT molecular complexity index is 473. The van der Waals surface area contributed by atoms with E-state index in [4.69, 9.17) is 16.3 Å². The first-order chi connectivity index (χ1) is 9.61. The van der Waals surface area contributed by atoms with Gasteiger partial charge in [-0.05, 0) is 43.2 Å². The lowest BCUT2D eigenvalue weighted by Gasteiger charge is -2.50. The lowest BCUT2D eigenvalue weighted by molar-refractivity contribution is 0.108. The third kappa shape index (κ3) is 2.47. The molecule has 0 aliphatic heterocycles. The van der Waals surface area contributed by atoms with Crippen LogP contribution in [0.4, 0.5) is 4.39 Å². The van der Waals surface area contributed by atoms with E-state index < -0.39 is 0 Å². The lowest BCUT2D eigenvalue weighted by Crippen LogP contribution is -2.50. The van der Waals surface area contributed by atoms with E-state index in [0.717, 1.165) is 25.9 Å². The second kappa shape index (κ2) is 5.28. The van der Waals surface area contributed by atoms with Crippen molar-refractivity contribution in [1.82, 2.24) is 5.32 Å². The van der Waals surface area contributed by atoms with E-state index in [2.05, 4.69) is 5.32 Å². The third-order valence-electron chi connectivity index (χ3n) is 4.82. The molecule has 1 aromatic rings. The molecule has 110 valence electrons. The second-order valence-electron chi connectivity index (χ2n) is 6.40. The Morgan fingerprint density at radius 2 is 2.10 bits per heavy atom. The predicted molar refractivity (Wildman–Crippen MR) is 78.7 cm³/mol. The third-order valence-corrected chi connectivity index (χ3v) is 5.14. The van der Waals surface area contributed by atoms with E-state index in [0.29, 0.717) is 22.6 Å². The maximum absolute atomic E-state index is 14.3. The molecule has 0 unspecified atom stereocenters. The molecule has 0 amide bonds. The number of rotatable bonds is 6. The summed E-state index contributed by atoms with van der Waals surface area (Å²) in [5, 5.41) is 3.96. The maximum Gasteiger partial charge on any atom is 0.128 e. The molecule has 2 aliphatic rings. The first kappa shape index (κ1) is 14.3. The van der Waals surface area contributed by atoms with Crippen LogP contribution in [0.2, 0.25) is 5.02 Å². The zero-order valence-electron chi connectivity index (χ0n) is 11.8. The SMILES string of the molecule is COCCNCC1(c2c(F)cccc2Cl)CC2(CC2)C1. The van der Waals surface area contributed by atoms with E-state index in [9.17, 15) is 4.39 Å². The van der Waals surface area contributed by atoms with Crippen molar-refractivity contribution in [2.24, 2.45) is 5.41 Å². The van der Waals surface area contributed by atoms with Crippen molar-refractivity contribution in [3.63, 3.8) is 0 Å². The summed E-state index contributed by atoms with van der Waals surface area (Å²) in [7, 11) is 1.69. The molecule has 0 bridgehead atoms. The molecule has 2 saturated carbocycles. The van der Waals surface area contributed by atoms with Crippen LogP contribution in [0.15, 0.2) is 18.2 Å². The highest BCUT2D eigenvalue weighted by atomic mass is 35.5. The van der Waals surface area contributed by atoms with Gasteiger partial charge < -0.3 is 10.1 Å². The lowest BCUT2D eigenvalue weighted by atomic mass is 9.56. The average molecular weight is 298 g/mol. The first-order valence-electron chi connectivity index (χ1n) is 7.25. The molecule has 0 radical (unpaired) electrons. The molecule has 3 rings (SSSR count). The van der Waals surface area contributed by atoms with Gasteiger partial charge in [-0.25, -0.2) is 4.39 Å². The predicted octanol–water partition coefficient (Wildman–Crippen LogP) is 3.53. The van der Waals surface area contributed by atoms with Gasteiger partial charge in [0.05, 0.1) is 6.61 Å². The Morgan fingerprint density at radius 1 is 1.35 bits per heavy atom. The molecule has 1 aromatic carbocycles. The Morgan fingerprint density at radius 3 is 2.70 bits per heavy atom. The van der Waals surface area contributed by atoms with E-state index in [1.807, 2.05) is 0 Å². The Balaban J connectivity index is 1.79. The molecule has 0 saturated heterocycles. The van der Waals surface area contributed by atoms with Crippen LogP contribution < -0.4 is 5.32 Å². The molecule has 1 spiro atoms. The fourth-order valence-corrected chi connectivity index (χ4v) is 4.17. The van der Waals surface area contributed by atoms with Crippen LogP contribution in [-0.2, 0) is 10.2 Å². The van der Waals surface area contributed by atoms with Crippen molar-refractivity contribution >= 4 is 11.6 Å². The first-order valence-corrected chi connectivity index (χ1v) is 7.63. The van der Waals surface area contributed by atoms with E-state index in [1.165, 1.54) is 18.9 Å². The van der Waals surface area contributed by atoms with Gasteiger partial charge in [0.2, 0.25) is 0 Å². The normalized spacial score (nSPS) is 21.8. The number of hydrogen-bond acceptors (Lipinski definition) is 2. The molecule has 1 N–H and O–H groups in total. The minimum atomic E-state index is -0.165. The molecule has 0 atom stereocenters. The van der Waals surface area contributed by atoms with Gasteiger partial charge in [0.25, 0.3) is 0 Å². The highest BCUT2D eigenvalue weighted by Gasteiger charge is 2.62. The minimum absolute atomic E-state index is 0.132. The molecule has 0 heterocycles. The summed E-state index contributed by atoms with van der Waals surface area (Å²) in [6, 6.07) is 5.00. The molecule has 0 aromatic heterocycles. The van der Waals surface area contributed by atoms with Crippen LogP contribution in [0.25, 0.3) is 0 Å². The average Bonchev–Trinajstić information content (AvgIpc) is 3.14. The van der Waals surface area contributed by atoms with Crippen LogP contribution in [0.3, 0.4) is 0 Å². The monoisotopic (exact) mass is 297 g/mol. The van der Waals surface area contributed by atoms with Crippen molar-refractivity contribution in [2.75, 3.05) is 26.8 Å². The van der Waals surface area contributed by atoms with Crippen LogP contribution in [0, 0.1) is 11.2 Å². The summed E-state index contributed by atoms with van der Waals surface area (Å²) < 4.78 is 19.3. The molecular weight excluding hydrogens is 277 g/mol. The van der Waals surface area contributed by atoms with Crippen LogP contribution >= 0.6 is 11.6 Å². The second-order valence-corrected chi connectivity index (χ2v) is 6.81. The Labute approximate surface area is 124 Å². The number of halogens is 2. The molecule has 2 nitrogen and oxygen atoms in total. The summed E-state index contributed by atoms with van der Waals surface area (Å²) in [5.74, 6) is -0.165. The van der Waals surface area contributed by atoms with E-state index in [1.54, 1.807) is 19.2 Å². The summed E-state index contributed by atoms with van der Waals surface area (Å²) in [6.45, 7) is 2.24. The van der Waals surface area contributed by atoms with Crippen molar-refractivity contribution in [1.29, 1.82) is 0 Å². The van der Waals surface area contributed by atoms with E-state index in [-0.39, 0.29) is 11.2 Å². The molecular formula is C16H21ClFNO. The summed E-state index contributed by atoms with van der Waals surface area (Å²) >= 11 is 6.29. The van der Waals surface area contributed by atoms with Crippen LogP contribution in [0.5, 0.6) is 0 Å². The van der Waals surface area contributed by atoms with Crippen molar-refractivity contribution in [2.45, 2.75) is 31.1 Å². The Hall–Kier alpha value is -0.640. The Kier molecular flexibility index (Phi) is 3.78. The smallest absolute Gasteiger partial charge is 0.128 e. The van der Waals surface area contributed by atoms with Crippen molar-refractivity contribution in [3.05, 3.63) is 34.6 Å². The number of ether oxygens (including phenoxy) is 1. The minimum Gasteiger partial charge on any atom is -0.383 e. The van der Waals surface area contributed by atoms with Crippen LogP contribution in [-0.4, -0.2) is 26.8 Å². The summed E-state index contributed by atoms with van der Waals surface area (Å²) in [4.78, 5) is 0. The van der Waals surface area contributed by atoms with E-state index >= 15 is 0 Å². The fourth-order valence-electron chi connectivity index (χ4n) is 3.81. The standard InChI is InChI=1S/C16H21ClFNO/c1-20-8-7-19-11-16(9-15(10-16)5-6-15)14-12(17)3-2-4-13(14)18/h2-4,19H,5-11H2,1H3. The van der Waals surface area contributed by atoms with Gasteiger partial charge in [-0.1, -0.05) is 17.7 Å². The number of benzene rings is 1. The zero-order chi connectivity index (χ0) is 14.2. The summed E-state index contributed by atoms with van der Waals surface area (Å²) in [5.41, 5.74) is 1.07. The molecule has 20 heavy (non-hydrogen) atoms. The van der Waals surface area contributed by atoms with Crippen molar-refractivity contribution in [3.8, 4) is 0 Å².